The fourth-order valence-electron chi connectivity index (χ4n) is 2.99. The average Bonchev–Trinajstić information content (AvgIpc) is 2.92. The summed E-state index contributed by atoms with van der Waals surface area (Å²) >= 11 is 0. The lowest BCUT2D eigenvalue weighted by Crippen LogP contribution is -2.21. The zero-order chi connectivity index (χ0) is 19.8. The molecule has 0 fully saturated rings. The van der Waals surface area contributed by atoms with Gasteiger partial charge in [-0.2, -0.15) is 0 Å². The first-order valence-corrected chi connectivity index (χ1v) is 9.44. The lowest BCUT2D eigenvalue weighted by Gasteiger charge is -2.18. The summed E-state index contributed by atoms with van der Waals surface area (Å²) in [6.07, 6.45) is 3.18. The van der Waals surface area contributed by atoms with Gasteiger partial charge in [-0.3, -0.25) is 14.9 Å². The van der Waals surface area contributed by atoms with Crippen LogP contribution in [0.2, 0.25) is 0 Å². The Balaban J connectivity index is 2.57. The number of ether oxygens (including phenoxy) is 2. The van der Waals surface area contributed by atoms with E-state index in [4.69, 9.17) is 9.47 Å². The lowest BCUT2D eigenvalue weighted by molar-refractivity contribution is 0.0514. The Morgan fingerprint density at radius 1 is 1.19 bits per heavy atom. The lowest BCUT2D eigenvalue weighted by atomic mass is 10.1. The van der Waals surface area contributed by atoms with Crippen LogP contribution < -0.4 is 10.2 Å². The Labute approximate surface area is 160 Å². The third kappa shape index (κ3) is 4.51. The van der Waals surface area contributed by atoms with Crippen molar-refractivity contribution in [2.24, 2.45) is 0 Å². The number of para-hydroxylation sites is 2. The highest BCUT2D eigenvalue weighted by Crippen LogP contribution is 2.28. The van der Waals surface area contributed by atoms with Crippen LogP contribution in [0.3, 0.4) is 0 Å². The molecule has 0 aliphatic heterocycles. The molecular formula is C21H28N2O4. The molecule has 6 heteroatoms. The molecule has 0 amide bonds. The van der Waals surface area contributed by atoms with Gasteiger partial charge in [0, 0.05) is 5.56 Å². The van der Waals surface area contributed by atoms with Crippen LogP contribution in [0.25, 0.3) is 0 Å². The number of carbonyl (C=O) groups is 2. The molecule has 0 saturated heterocycles. The Morgan fingerprint density at radius 3 is 2.56 bits per heavy atom. The second-order valence-corrected chi connectivity index (χ2v) is 6.21. The number of nitrogens with zero attached hydrogens (tertiary/aromatic N) is 1. The third-order valence-corrected chi connectivity index (χ3v) is 4.22. The summed E-state index contributed by atoms with van der Waals surface area (Å²) in [7, 11) is 0. The molecule has 1 aromatic heterocycles. The van der Waals surface area contributed by atoms with Gasteiger partial charge in [-0.1, -0.05) is 32.4 Å². The molecular weight excluding hydrogens is 344 g/mol. The van der Waals surface area contributed by atoms with Crippen molar-refractivity contribution in [3.8, 4) is 5.75 Å². The molecule has 6 nitrogen and oxygen atoms in total. The average molecular weight is 372 g/mol. The molecule has 27 heavy (non-hydrogen) atoms. The van der Waals surface area contributed by atoms with Gasteiger partial charge >= 0.3 is 5.97 Å². The van der Waals surface area contributed by atoms with Gasteiger partial charge in [-0.05, 0) is 44.4 Å². The summed E-state index contributed by atoms with van der Waals surface area (Å²) in [6.45, 7) is 8.46. The zero-order valence-corrected chi connectivity index (χ0v) is 16.5. The number of benzene rings is 1. The molecule has 0 spiro atoms. The predicted molar refractivity (Wildman–Crippen MR) is 106 cm³/mol. The normalized spacial score (nSPS) is 10.5. The highest BCUT2D eigenvalue weighted by Gasteiger charge is 2.26. The summed E-state index contributed by atoms with van der Waals surface area (Å²) < 4.78 is 12.7. The number of aromatic nitrogens is 1. The molecule has 0 aliphatic rings. The van der Waals surface area contributed by atoms with E-state index in [0.717, 1.165) is 30.5 Å². The number of anilines is 1. The van der Waals surface area contributed by atoms with Crippen LogP contribution in [-0.4, -0.2) is 30.1 Å². The van der Waals surface area contributed by atoms with Gasteiger partial charge in [0.2, 0.25) is 0 Å². The van der Waals surface area contributed by atoms with E-state index in [2.05, 4.69) is 5.43 Å². The van der Waals surface area contributed by atoms with E-state index in [1.807, 2.05) is 38.1 Å². The van der Waals surface area contributed by atoms with Gasteiger partial charge in [0.25, 0.3) is 0 Å². The molecule has 0 aliphatic carbocycles. The maximum Gasteiger partial charge on any atom is 0.357 e. The largest absolute Gasteiger partial charge is 0.491 e. The van der Waals surface area contributed by atoms with Crippen molar-refractivity contribution in [3.63, 3.8) is 0 Å². The van der Waals surface area contributed by atoms with E-state index >= 15 is 0 Å². The van der Waals surface area contributed by atoms with Crippen LogP contribution in [0, 0.1) is 6.92 Å². The number of hydrogen-bond acceptors (Lipinski definition) is 5. The van der Waals surface area contributed by atoms with Crippen molar-refractivity contribution in [3.05, 3.63) is 46.8 Å². The predicted octanol–water partition coefficient (Wildman–Crippen LogP) is 4.40. The molecule has 1 heterocycles. The monoisotopic (exact) mass is 372 g/mol. The summed E-state index contributed by atoms with van der Waals surface area (Å²) in [4.78, 5) is 24.3. The van der Waals surface area contributed by atoms with Gasteiger partial charge in [-0.25, -0.2) is 4.79 Å². The second-order valence-electron chi connectivity index (χ2n) is 6.21. The molecule has 2 rings (SSSR count). The third-order valence-electron chi connectivity index (χ3n) is 4.22. The highest BCUT2D eigenvalue weighted by molar-refractivity contribution is 5.94. The molecule has 1 N–H and O–H groups in total. The van der Waals surface area contributed by atoms with Crippen LogP contribution >= 0.6 is 0 Å². The minimum Gasteiger partial charge on any atom is -0.491 e. The van der Waals surface area contributed by atoms with Crippen LogP contribution in [0.1, 0.15) is 65.7 Å². The van der Waals surface area contributed by atoms with E-state index in [0.29, 0.717) is 35.6 Å². The summed E-state index contributed by atoms with van der Waals surface area (Å²) in [5, 5.41) is 0. The number of rotatable bonds is 10. The highest BCUT2D eigenvalue weighted by atomic mass is 16.5. The van der Waals surface area contributed by atoms with Crippen molar-refractivity contribution >= 4 is 17.9 Å². The fourth-order valence-corrected chi connectivity index (χ4v) is 2.99. The molecule has 0 bridgehead atoms. The molecule has 0 saturated carbocycles. The second kappa shape index (κ2) is 9.80. The minimum absolute atomic E-state index is 0.263. The van der Waals surface area contributed by atoms with E-state index in [1.165, 1.54) is 0 Å². The standard InChI is InChI=1S/C21H28N2O4/c1-5-10-18-16(14-24)15(4)20(21(25)26-7-3)23(18)22-17-11-8-9-12-19(17)27-13-6-2/h8-9,11-12,14,22H,5-7,10,13H2,1-4H3. The van der Waals surface area contributed by atoms with Crippen LogP contribution in [0.5, 0.6) is 5.75 Å². The van der Waals surface area contributed by atoms with Crippen LogP contribution in [0.15, 0.2) is 24.3 Å². The maximum atomic E-state index is 12.6. The SMILES string of the molecule is CCCOc1ccccc1Nn1c(CCC)c(C=O)c(C)c1C(=O)OCC. The maximum absolute atomic E-state index is 12.6. The Kier molecular flexibility index (Phi) is 7.46. The van der Waals surface area contributed by atoms with E-state index in [9.17, 15) is 9.59 Å². The van der Waals surface area contributed by atoms with Crippen LogP contribution in [0.4, 0.5) is 5.69 Å². The smallest absolute Gasteiger partial charge is 0.357 e. The van der Waals surface area contributed by atoms with E-state index in [-0.39, 0.29) is 6.61 Å². The molecule has 1 aromatic carbocycles. The minimum atomic E-state index is -0.458. The van der Waals surface area contributed by atoms with E-state index in [1.54, 1.807) is 18.5 Å². The van der Waals surface area contributed by atoms with Crippen molar-refractivity contribution < 1.29 is 19.1 Å². The number of carbonyl (C=O) groups excluding carboxylic acids is 2. The number of nitrogens with one attached hydrogen (secondary N) is 1. The van der Waals surface area contributed by atoms with E-state index < -0.39 is 5.97 Å². The first-order chi connectivity index (χ1) is 13.1. The van der Waals surface area contributed by atoms with Gasteiger partial charge in [-0.15, -0.1) is 0 Å². The Bertz CT molecular complexity index is 796. The Morgan fingerprint density at radius 2 is 1.93 bits per heavy atom. The van der Waals surface area contributed by atoms with Gasteiger partial charge < -0.3 is 9.47 Å². The molecule has 2 aromatic rings. The van der Waals surface area contributed by atoms with Crippen LogP contribution in [-0.2, 0) is 11.2 Å². The van der Waals surface area contributed by atoms with Gasteiger partial charge in [0.1, 0.15) is 5.75 Å². The fraction of sp³-hybridized carbons (Fsp3) is 0.429. The molecule has 146 valence electrons. The van der Waals surface area contributed by atoms with Crippen molar-refractivity contribution in [1.82, 2.24) is 4.68 Å². The quantitative estimate of drug-likeness (QED) is 0.494. The van der Waals surface area contributed by atoms with Gasteiger partial charge in [0.15, 0.2) is 12.0 Å². The number of esters is 1. The molecule has 0 radical (unpaired) electrons. The van der Waals surface area contributed by atoms with Crippen molar-refractivity contribution in [2.45, 2.75) is 47.0 Å². The topological polar surface area (TPSA) is 69.6 Å². The summed E-state index contributed by atoms with van der Waals surface area (Å²) in [6, 6.07) is 7.54. The van der Waals surface area contributed by atoms with Crippen molar-refractivity contribution in [2.75, 3.05) is 18.6 Å². The zero-order valence-electron chi connectivity index (χ0n) is 16.5. The summed E-state index contributed by atoms with van der Waals surface area (Å²) in [5.74, 6) is 0.232. The Hall–Kier alpha value is -2.76. The van der Waals surface area contributed by atoms with Gasteiger partial charge in [0.05, 0.1) is 24.6 Å². The molecule has 0 atom stereocenters. The summed E-state index contributed by atoms with van der Waals surface area (Å²) in [5.41, 5.74) is 6.24. The van der Waals surface area contributed by atoms with Crippen molar-refractivity contribution in [1.29, 1.82) is 0 Å². The first-order valence-electron chi connectivity index (χ1n) is 9.44. The number of aldehydes is 1. The first kappa shape index (κ1) is 20.6. The molecule has 0 unspecified atom stereocenters. The number of hydrogen-bond donors (Lipinski definition) is 1.